The van der Waals surface area contributed by atoms with Gasteiger partial charge in [0.2, 0.25) is 5.91 Å². The molecule has 4 rings (SSSR count). The van der Waals surface area contributed by atoms with Crippen LogP contribution in [0.25, 0.3) is 0 Å². The standard InChI is InChI=1S/C22H22F3N3O2/c1-15-4-2-7-18(12-15)28-20(29)14-19(21(28)30)27-10-8-26(9-11-27)17-6-3-5-16(13-17)22(23,24)25/h2-7,12-13,19H,8-11,14H2,1H3/t19-/m0/s1. The molecule has 0 unspecified atom stereocenters. The summed E-state index contributed by atoms with van der Waals surface area (Å²) in [7, 11) is 0. The second-order valence-electron chi connectivity index (χ2n) is 7.70. The van der Waals surface area contributed by atoms with Crippen molar-refractivity contribution < 1.29 is 22.8 Å². The number of nitrogens with zero attached hydrogens (tertiary/aromatic N) is 3. The minimum atomic E-state index is -4.38. The molecule has 2 fully saturated rings. The van der Waals surface area contributed by atoms with E-state index in [1.165, 1.54) is 11.0 Å². The Hall–Kier alpha value is -2.87. The predicted octanol–water partition coefficient (Wildman–Crippen LogP) is 3.47. The van der Waals surface area contributed by atoms with Gasteiger partial charge < -0.3 is 4.90 Å². The van der Waals surface area contributed by atoms with Crippen molar-refractivity contribution in [1.82, 2.24) is 4.90 Å². The van der Waals surface area contributed by atoms with E-state index in [1.54, 1.807) is 12.1 Å². The van der Waals surface area contributed by atoms with Crippen LogP contribution < -0.4 is 9.80 Å². The quantitative estimate of drug-likeness (QED) is 0.718. The zero-order chi connectivity index (χ0) is 21.5. The molecule has 2 heterocycles. The van der Waals surface area contributed by atoms with Crippen molar-refractivity contribution >= 4 is 23.2 Å². The number of benzene rings is 2. The first-order valence-electron chi connectivity index (χ1n) is 9.84. The topological polar surface area (TPSA) is 43.9 Å². The van der Waals surface area contributed by atoms with Crippen LogP contribution in [0.3, 0.4) is 0 Å². The van der Waals surface area contributed by atoms with Crippen LogP contribution in [0.1, 0.15) is 17.5 Å². The number of hydrogen-bond donors (Lipinski definition) is 0. The van der Waals surface area contributed by atoms with E-state index < -0.39 is 17.8 Å². The van der Waals surface area contributed by atoms with E-state index in [9.17, 15) is 22.8 Å². The summed E-state index contributed by atoms with van der Waals surface area (Å²) in [6.07, 6.45) is -4.26. The van der Waals surface area contributed by atoms with Crippen molar-refractivity contribution in [3.8, 4) is 0 Å². The van der Waals surface area contributed by atoms with E-state index in [1.807, 2.05) is 34.9 Å². The number of piperazine rings is 1. The first-order valence-corrected chi connectivity index (χ1v) is 9.84. The summed E-state index contributed by atoms with van der Waals surface area (Å²) in [5, 5.41) is 0. The molecule has 1 atom stereocenters. The molecule has 5 nitrogen and oxygen atoms in total. The maximum absolute atomic E-state index is 13.0. The van der Waals surface area contributed by atoms with Gasteiger partial charge in [0.1, 0.15) is 0 Å². The van der Waals surface area contributed by atoms with E-state index in [0.29, 0.717) is 37.6 Å². The van der Waals surface area contributed by atoms with Crippen LogP contribution in [0, 0.1) is 6.92 Å². The van der Waals surface area contributed by atoms with Gasteiger partial charge in [0, 0.05) is 31.9 Å². The number of carbonyl (C=O) groups is 2. The van der Waals surface area contributed by atoms with Crippen LogP contribution in [-0.2, 0) is 15.8 Å². The molecule has 158 valence electrons. The average molecular weight is 417 g/mol. The minimum absolute atomic E-state index is 0.121. The second kappa shape index (κ2) is 7.75. The molecule has 2 aromatic rings. The summed E-state index contributed by atoms with van der Waals surface area (Å²) >= 11 is 0. The van der Waals surface area contributed by atoms with E-state index in [4.69, 9.17) is 0 Å². The zero-order valence-electron chi connectivity index (χ0n) is 16.5. The van der Waals surface area contributed by atoms with Crippen LogP contribution >= 0.6 is 0 Å². The molecule has 2 aliphatic heterocycles. The van der Waals surface area contributed by atoms with Gasteiger partial charge in [0.15, 0.2) is 0 Å². The van der Waals surface area contributed by atoms with Crippen molar-refractivity contribution in [2.24, 2.45) is 0 Å². The van der Waals surface area contributed by atoms with E-state index in [-0.39, 0.29) is 18.2 Å². The molecular weight excluding hydrogens is 395 g/mol. The predicted molar refractivity (Wildman–Crippen MR) is 107 cm³/mol. The van der Waals surface area contributed by atoms with Crippen LogP contribution in [0.4, 0.5) is 24.5 Å². The lowest BCUT2D eigenvalue weighted by Gasteiger charge is -2.38. The van der Waals surface area contributed by atoms with Gasteiger partial charge in [0.25, 0.3) is 5.91 Å². The third kappa shape index (κ3) is 3.92. The molecule has 30 heavy (non-hydrogen) atoms. The van der Waals surface area contributed by atoms with E-state index >= 15 is 0 Å². The Kier molecular flexibility index (Phi) is 5.27. The van der Waals surface area contributed by atoms with Gasteiger partial charge >= 0.3 is 6.18 Å². The molecule has 8 heteroatoms. The van der Waals surface area contributed by atoms with Crippen LogP contribution in [0.5, 0.6) is 0 Å². The maximum Gasteiger partial charge on any atom is 0.416 e. The lowest BCUT2D eigenvalue weighted by molar-refractivity contribution is -0.137. The number of amides is 2. The number of imide groups is 1. The molecule has 0 saturated carbocycles. The minimum Gasteiger partial charge on any atom is -0.369 e. The highest BCUT2D eigenvalue weighted by atomic mass is 19.4. The molecular formula is C22H22F3N3O2. The highest BCUT2D eigenvalue weighted by molar-refractivity contribution is 6.22. The SMILES string of the molecule is Cc1cccc(N2C(=O)C[C@H](N3CCN(c4cccc(C(F)(F)F)c4)CC3)C2=O)c1. The Morgan fingerprint density at radius 1 is 0.900 bits per heavy atom. The van der Waals surface area contributed by atoms with Crippen LogP contribution in [0.15, 0.2) is 48.5 Å². The Balaban J connectivity index is 1.44. The Morgan fingerprint density at radius 3 is 2.23 bits per heavy atom. The fourth-order valence-electron chi connectivity index (χ4n) is 4.11. The highest BCUT2D eigenvalue weighted by Gasteiger charge is 2.43. The van der Waals surface area contributed by atoms with Gasteiger partial charge in [0.05, 0.1) is 23.7 Å². The normalized spacial score (nSPS) is 20.9. The van der Waals surface area contributed by atoms with Crippen molar-refractivity contribution in [2.45, 2.75) is 25.6 Å². The fraction of sp³-hybridized carbons (Fsp3) is 0.364. The first kappa shape index (κ1) is 20.4. The summed E-state index contributed by atoms with van der Waals surface area (Å²) < 4.78 is 38.9. The number of hydrogen-bond acceptors (Lipinski definition) is 4. The average Bonchev–Trinajstić information content (AvgIpc) is 3.01. The second-order valence-corrected chi connectivity index (χ2v) is 7.70. The van der Waals surface area contributed by atoms with Gasteiger partial charge in [-0.05, 0) is 42.8 Å². The molecule has 0 bridgehead atoms. The number of alkyl halides is 3. The Morgan fingerprint density at radius 2 is 1.57 bits per heavy atom. The van der Waals surface area contributed by atoms with Crippen molar-refractivity contribution in [3.05, 3.63) is 59.7 Å². The maximum atomic E-state index is 13.0. The number of anilines is 2. The number of rotatable bonds is 3. The summed E-state index contributed by atoms with van der Waals surface area (Å²) in [4.78, 5) is 30.6. The van der Waals surface area contributed by atoms with Crippen LogP contribution in [0.2, 0.25) is 0 Å². The summed E-state index contributed by atoms with van der Waals surface area (Å²) in [6.45, 7) is 3.88. The molecule has 2 saturated heterocycles. The van der Waals surface area contributed by atoms with Gasteiger partial charge in [-0.25, -0.2) is 4.90 Å². The van der Waals surface area contributed by atoms with E-state index in [2.05, 4.69) is 0 Å². The number of carbonyl (C=O) groups excluding carboxylic acids is 2. The fourth-order valence-corrected chi connectivity index (χ4v) is 4.11. The molecule has 0 aliphatic carbocycles. The monoisotopic (exact) mass is 417 g/mol. The smallest absolute Gasteiger partial charge is 0.369 e. The summed E-state index contributed by atoms with van der Waals surface area (Å²) in [6, 6.07) is 12.0. The molecule has 0 N–H and O–H groups in total. The van der Waals surface area contributed by atoms with Crippen molar-refractivity contribution in [1.29, 1.82) is 0 Å². The molecule has 2 aliphatic rings. The lowest BCUT2D eigenvalue weighted by Crippen LogP contribution is -2.52. The van der Waals surface area contributed by atoms with Gasteiger partial charge in [-0.2, -0.15) is 13.2 Å². The lowest BCUT2D eigenvalue weighted by atomic mass is 10.1. The van der Waals surface area contributed by atoms with Gasteiger partial charge in [-0.1, -0.05) is 18.2 Å². The molecule has 0 aromatic heterocycles. The molecule has 2 aromatic carbocycles. The molecule has 0 spiro atoms. The van der Waals surface area contributed by atoms with Gasteiger partial charge in [-0.3, -0.25) is 14.5 Å². The first-order chi connectivity index (χ1) is 14.2. The Labute approximate surface area is 172 Å². The van der Waals surface area contributed by atoms with Crippen molar-refractivity contribution in [3.63, 3.8) is 0 Å². The zero-order valence-corrected chi connectivity index (χ0v) is 16.5. The summed E-state index contributed by atoms with van der Waals surface area (Å²) in [5.74, 6) is -0.464. The highest BCUT2D eigenvalue weighted by Crippen LogP contribution is 2.32. The largest absolute Gasteiger partial charge is 0.416 e. The van der Waals surface area contributed by atoms with Gasteiger partial charge in [-0.15, -0.1) is 0 Å². The summed E-state index contributed by atoms with van der Waals surface area (Å²) in [5.41, 5.74) is 1.38. The van der Waals surface area contributed by atoms with Crippen LogP contribution in [-0.4, -0.2) is 48.9 Å². The number of aryl methyl sites for hydroxylation is 1. The Bertz CT molecular complexity index is 968. The molecule has 0 radical (unpaired) electrons. The third-order valence-corrected chi connectivity index (χ3v) is 5.68. The third-order valence-electron chi connectivity index (χ3n) is 5.68. The molecule has 2 amide bonds. The van der Waals surface area contributed by atoms with E-state index in [0.717, 1.165) is 17.7 Å². The van der Waals surface area contributed by atoms with Crippen molar-refractivity contribution in [2.75, 3.05) is 36.0 Å². The number of halogens is 3.